The van der Waals surface area contributed by atoms with Crippen LogP contribution in [0, 0.1) is 5.92 Å². The monoisotopic (exact) mass is 451 g/mol. The Morgan fingerprint density at radius 2 is 1.84 bits per heavy atom. The van der Waals surface area contributed by atoms with Gasteiger partial charge in [-0.2, -0.15) is 0 Å². The number of fused-ring (bicyclic) bond motifs is 1. The van der Waals surface area contributed by atoms with E-state index in [1.54, 1.807) is 0 Å². The lowest BCUT2D eigenvalue weighted by Gasteiger charge is -2.26. The van der Waals surface area contributed by atoms with Gasteiger partial charge in [0.05, 0.1) is 18.9 Å². The van der Waals surface area contributed by atoms with Crippen LogP contribution in [0.25, 0.3) is 21.6 Å². The molecule has 0 spiro atoms. The number of pyridine rings is 1. The van der Waals surface area contributed by atoms with Gasteiger partial charge < -0.3 is 15.4 Å². The predicted octanol–water partition coefficient (Wildman–Crippen LogP) is 2.77. The molecule has 32 heavy (non-hydrogen) atoms. The molecule has 8 nitrogen and oxygen atoms in total. The fraction of sp³-hybridized carbons (Fsp3) is 0.391. The molecule has 2 amide bonds. The van der Waals surface area contributed by atoms with E-state index >= 15 is 0 Å². The summed E-state index contributed by atoms with van der Waals surface area (Å²) in [5.41, 5.74) is 3.12. The third kappa shape index (κ3) is 4.95. The summed E-state index contributed by atoms with van der Waals surface area (Å²) in [5.74, 6) is 0.107. The first kappa shape index (κ1) is 21.0. The van der Waals surface area contributed by atoms with Crippen molar-refractivity contribution < 1.29 is 14.3 Å². The fourth-order valence-electron chi connectivity index (χ4n) is 3.63. The summed E-state index contributed by atoms with van der Waals surface area (Å²) in [4.78, 5) is 36.6. The van der Waals surface area contributed by atoms with Gasteiger partial charge in [-0.3, -0.25) is 14.5 Å². The van der Waals surface area contributed by atoms with E-state index in [0.29, 0.717) is 17.2 Å². The number of ether oxygens (including phenoxy) is 1. The van der Waals surface area contributed by atoms with Crippen LogP contribution >= 0.6 is 11.3 Å². The number of carbonyl (C=O) groups excluding carboxylic acids is 2. The first-order valence-corrected chi connectivity index (χ1v) is 11.7. The number of benzene rings is 1. The van der Waals surface area contributed by atoms with Crippen molar-refractivity contribution in [2.75, 3.05) is 44.7 Å². The van der Waals surface area contributed by atoms with Crippen molar-refractivity contribution in [1.82, 2.24) is 20.2 Å². The summed E-state index contributed by atoms with van der Waals surface area (Å²) >= 11 is 1.38. The van der Waals surface area contributed by atoms with Crippen molar-refractivity contribution in [2.24, 2.45) is 5.92 Å². The van der Waals surface area contributed by atoms with Gasteiger partial charge in [0.25, 0.3) is 5.91 Å². The van der Waals surface area contributed by atoms with Gasteiger partial charge in [0.15, 0.2) is 5.13 Å². The molecule has 2 aliphatic rings. The molecule has 3 heterocycles. The molecule has 5 rings (SSSR count). The van der Waals surface area contributed by atoms with Crippen LogP contribution in [0.3, 0.4) is 0 Å². The molecule has 1 aliphatic heterocycles. The van der Waals surface area contributed by atoms with Crippen molar-refractivity contribution in [3.63, 3.8) is 0 Å². The van der Waals surface area contributed by atoms with E-state index in [9.17, 15) is 9.59 Å². The minimum Gasteiger partial charge on any atom is -0.379 e. The highest BCUT2D eigenvalue weighted by Crippen LogP contribution is 2.32. The van der Waals surface area contributed by atoms with Crippen LogP contribution in [-0.4, -0.2) is 66.1 Å². The largest absolute Gasteiger partial charge is 0.379 e. The Kier molecular flexibility index (Phi) is 6.11. The Morgan fingerprint density at radius 3 is 2.59 bits per heavy atom. The van der Waals surface area contributed by atoms with E-state index in [-0.39, 0.29) is 17.7 Å². The summed E-state index contributed by atoms with van der Waals surface area (Å²) < 4.78 is 5.34. The Hall–Kier alpha value is -2.88. The molecule has 3 aromatic rings. The SMILES string of the molecule is O=C(NCCN1CCOCC1)c1ccc(-c2ccc3nc(NC(=O)C4CC4)sc3n2)cc1. The average Bonchev–Trinajstić information content (AvgIpc) is 3.60. The van der Waals surface area contributed by atoms with Crippen molar-refractivity contribution in [1.29, 1.82) is 0 Å². The lowest BCUT2D eigenvalue weighted by atomic mass is 10.1. The van der Waals surface area contributed by atoms with Crippen LogP contribution in [0.4, 0.5) is 5.13 Å². The number of nitrogens with one attached hydrogen (secondary N) is 2. The molecular formula is C23H25N5O3S. The first-order chi connectivity index (χ1) is 15.7. The molecular weight excluding hydrogens is 426 g/mol. The zero-order valence-corrected chi connectivity index (χ0v) is 18.5. The topological polar surface area (TPSA) is 96.5 Å². The Bertz CT molecular complexity index is 1120. The molecule has 0 unspecified atom stereocenters. The van der Waals surface area contributed by atoms with E-state index in [1.807, 2.05) is 36.4 Å². The van der Waals surface area contributed by atoms with Gasteiger partial charge in [-0.1, -0.05) is 23.5 Å². The van der Waals surface area contributed by atoms with Crippen molar-refractivity contribution in [3.8, 4) is 11.3 Å². The molecule has 2 fully saturated rings. The Labute approximate surface area is 190 Å². The number of carbonyl (C=O) groups is 2. The van der Waals surface area contributed by atoms with Crippen molar-refractivity contribution >= 4 is 38.6 Å². The van der Waals surface area contributed by atoms with Crippen LogP contribution in [-0.2, 0) is 9.53 Å². The van der Waals surface area contributed by atoms with Crippen LogP contribution in [0.2, 0.25) is 0 Å². The molecule has 9 heteroatoms. The van der Waals surface area contributed by atoms with Gasteiger partial charge in [-0.15, -0.1) is 0 Å². The highest BCUT2D eigenvalue weighted by Gasteiger charge is 2.30. The van der Waals surface area contributed by atoms with E-state index in [4.69, 9.17) is 9.72 Å². The van der Waals surface area contributed by atoms with Gasteiger partial charge in [0.2, 0.25) is 5.91 Å². The van der Waals surface area contributed by atoms with E-state index < -0.39 is 0 Å². The predicted molar refractivity (Wildman–Crippen MR) is 124 cm³/mol. The number of nitrogens with zero attached hydrogens (tertiary/aromatic N) is 3. The number of hydrogen-bond donors (Lipinski definition) is 2. The standard InChI is InChI=1S/C23H25N5O3S/c29-20(24-9-10-28-11-13-31-14-12-28)16-3-1-15(2-4-16)18-7-8-19-22(25-18)32-23(26-19)27-21(30)17-5-6-17/h1-4,7-8,17H,5-6,9-14H2,(H,24,29)(H,26,27,30). The van der Waals surface area contributed by atoms with E-state index in [2.05, 4.69) is 20.5 Å². The summed E-state index contributed by atoms with van der Waals surface area (Å²) in [6, 6.07) is 11.3. The molecule has 0 bridgehead atoms. The van der Waals surface area contributed by atoms with Gasteiger partial charge in [0.1, 0.15) is 10.3 Å². The number of thiazole rings is 1. The van der Waals surface area contributed by atoms with Gasteiger partial charge in [-0.25, -0.2) is 9.97 Å². The molecule has 1 saturated carbocycles. The van der Waals surface area contributed by atoms with E-state index in [0.717, 1.165) is 67.3 Å². The quantitative estimate of drug-likeness (QED) is 0.574. The number of hydrogen-bond acceptors (Lipinski definition) is 7. The van der Waals surface area contributed by atoms with Crippen LogP contribution < -0.4 is 10.6 Å². The van der Waals surface area contributed by atoms with E-state index in [1.165, 1.54) is 11.3 Å². The maximum Gasteiger partial charge on any atom is 0.251 e. The molecule has 1 aliphatic carbocycles. The average molecular weight is 452 g/mol. The van der Waals surface area contributed by atoms with Crippen LogP contribution in [0.5, 0.6) is 0 Å². The molecule has 0 atom stereocenters. The molecule has 2 N–H and O–H groups in total. The van der Waals surface area contributed by atoms with Gasteiger partial charge >= 0.3 is 0 Å². The normalized spacial score (nSPS) is 16.8. The molecule has 2 aromatic heterocycles. The molecule has 166 valence electrons. The number of rotatable bonds is 7. The van der Waals surface area contributed by atoms with Crippen molar-refractivity contribution in [2.45, 2.75) is 12.8 Å². The molecule has 1 saturated heterocycles. The number of amides is 2. The zero-order chi connectivity index (χ0) is 21.9. The van der Waals surface area contributed by atoms with Crippen molar-refractivity contribution in [3.05, 3.63) is 42.0 Å². The zero-order valence-electron chi connectivity index (χ0n) is 17.7. The maximum atomic E-state index is 12.4. The second-order valence-corrected chi connectivity index (χ2v) is 9.07. The minimum absolute atomic E-state index is 0.0445. The highest BCUT2D eigenvalue weighted by molar-refractivity contribution is 7.22. The maximum absolute atomic E-state index is 12.4. The molecule has 1 aromatic carbocycles. The van der Waals surface area contributed by atoms with Gasteiger partial charge in [0, 0.05) is 43.2 Å². The summed E-state index contributed by atoms with van der Waals surface area (Å²) in [5, 5.41) is 6.46. The summed E-state index contributed by atoms with van der Waals surface area (Å²) in [6.07, 6.45) is 1.92. The summed E-state index contributed by atoms with van der Waals surface area (Å²) in [6.45, 7) is 4.78. The Balaban J connectivity index is 1.20. The lowest BCUT2D eigenvalue weighted by Crippen LogP contribution is -2.41. The second-order valence-electron chi connectivity index (χ2n) is 8.09. The second kappa shape index (κ2) is 9.32. The third-order valence-corrected chi connectivity index (χ3v) is 6.57. The molecule has 0 radical (unpaired) electrons. The highest BCUT2D eigenvalue weighted by atomic mass is 32.1. The first-order valence-electron chi connectivity index (χ1n) is 10.9. The number of anilines is 1. The fourth-order valence-corrected chi connectivity index (χ4v) is 4.47. The number of aromatic nitrogens is 2. The van der Waals surface area contributed by atoms with Crippen LogP contribution in [0.15, 0.2) is 36.4 Å². The third-order valence-electron chi connectivity index (χ3n) is 5.69. The number of morpholine rings is 1. The lowest BCUT2D eigenvalue weighted by molar-refractivity contribution is -0.117. The minimum atomic E-state index is -0.0771. The summed E-state index contributed by atoms with van der Waals surface area (Å²) in [7, 11) is 0. The van der Waals surface area contributed by atoms with Gasteiger partial charge in [-0.05, 0) is 37.1 Å². The van der Waals surface area contributed by atoms with Crippen LogP contribution in [0.1, 0.15) is 23.2 Å². The smallest absolute Gasteiger partial charge is 0.251 e. The Morgan fingerprint density at radius 1 is 1.06 bits per heavy atom.